The van der Waals surface area contributed by atoms with Crippen LogP contribution < -0.4 is 10.6 Å². The van der Waals surface area contributed by atoms with E-state index < -0.39 is 24.0 Å². The average Bonchev–Trinajstić information content (AvgIpc) is 2.99. The van der Waals surface area contributed by atoms with E-state index >= 15 is 0 Å². The van der Waals surface area contributed by atoms with Crippen LogP contribution in [0.2, 0.25) is 0 Å². The molecule has 3 amide bonds. The van der Waals surface area contributed by atoms with E-state index in [-0.39, 0.29) is 37.7 Å². The van der Waals surface area contributed by atoms with Gasteiger partial charge < -0.3 is 25.7 Å². The van der Waals surface area contributed by atoms with Crippen molar-refractivity contribution in [3.63, 3.8) is 0 Å². The normalized spacial score (nSPS) is 19.2. The first-order valence-electron chi connectivity index (χ1n) is 9.08. The number of aliphatic hydroxyl groups excluding tert-OH is 1. The SMILES string of the molecule is CCCCC(=O)NCC(=O)N1CC(O)C[C@@H]1C(=O)NCCCCC(=O)O. The zero-order valence-electron chi connectivity index (χ0n) is 15.2. The largest absolute Gasteiger partial charge is 0.481 e. The summed E-state index contributed by atoms with van der Waals surface area (Å²) >= 11 is 0. The van der Waals surface area contributed by atoms with Crippen molar-refractivity contribution in [1.82, 2.24) is 15.5 Å². The minimum Gasteiger partial charge on any atom is -0.481 e. The van der Waals surface area contributed by atoms with Crippen LogP contribution >= 0.6 is 0 Å². The lowest BCUT2D eigenvalue weighted by Gasteiger charge is -2.23. The number of nitrogens with zero attached hydrogens (tertiary/aromatic N) is 1. The van der Waals surface area contributed by atoms with Crippen molar-refractivity contribution >= 4 is 23.7 Å². The zero-order valence-corrected chi connectivity index (χ0v) is 15.2. The number of rotatable bonds is 11. The number of likely N-dealkylation sites (tertiary alicyclic amines) is 1. The van der Waals surface area contributed by atoms with Gasteiger partial charge in [0, 0.05) is 32.4 Å². The number of unbranched alkanes of at least 4 members (excludes halogenated alkanes) is 2. The van der Waals surface area contributed by atoms with Gasteiger partial charge in [-0.3, -0.25) is 19.2 Å². The maximum absolute atomic E-state index is 12.3. The molecular weight excluding hydrogens is 342 g/mol. The van der Waals surface area contributed by atoms with E-state index in [0.29, 0.717) is 25.8 Å². The molecule has 1 heterocycles. The van der Waals surface area contributed by atoms with Crippen molar-refractivity contribution < 1.29 is 29.4 Å². The highest BCUT2D eigenvalue weighted by molar-refractivity contribution is 5.90. The summed E-state index contributed by atoms with van der Waals surface area (Å²) in [5.41, 5.74) is 0. The predicted molar refractivity (Wildman–Crippen MR) is 93.2 cm³/mol. The van der Waals surface area contributed by atoms with Crippen molar-refractivity contribution in [3.8, 4) is 0 Å². The van der Waals surface area contributed by atoms with Crippen LogP contribution in [0.15, 0.2) is 0 Å². The molecule has 4 N–H and O–H groups in total. The van der Waals surface area contributed by atoms with E-state index in [1.54, 1.807) is 0 Å². The number of nitrogens with one attached hydrogen (secondary N) is 2. The summed E-state index contributed by atoms with van der Waals surface area (Å²) in [6.45, 7) is 2.14. The first-order valence-corrected chi connectivity index (χ1v) is 9.08. The molecule has 1 rings (SSSR count). The van der Waals surface area contributed by atoms with Gasteiger partial charge in [-0.15, -0.1) is 0 Å². The monoisotopic (exact) mass is 371 g/mol. The molecule has 0 aromatic rings. The lowest BCUT2D eigenvalue weighted by atomic mass is 10.1. The highest BCUT2D eigenvalue weighted by Gasteiger charge is 2.38. The van der Waals surface area contributed by atoms with Crippen molar-refractivity contribution in [1.29, 1.82) is 0 Å². The molecular formula is C17H29N3O6. The number of carbonyl (C=O) groups excluding carboxylic acids is 3. The van der Waals surface area contributed by atoms with E-state index in [0.717, 1.165) is 12.8 Å². The Labute approximate surface area is 153 Å². The molecule has 1 aliphatic heterocycles. The van der Waals surface area contributed by atoms with E-state index in [1.165, 1.54) is 4.90 Å². The average molecular weight is 371 g/mol. The third-order valence-corrected chi connectivity index (χ3v) is 4.21. The van der Waals surface area contributed by atoms with Crippen molar-refractivity contribution in [2.45, 2.75) is 64.0 Å². The summed E-state index contributed by atoms with van der Waals surface area (Å²) in [6, 6.07) is -0.774. The molecule has 1 aliphatic rings. The van der Waals surface area contributed by atoms with Crippen molar-refractivity contribution in [2.24, 2.45) is 0 Å². The minimum atomic E-state index is -0.881. The number of carboxylic acids is 1. The molecule has 148 valence electrons. The van der Waals surface area contributed by atoms with Gasteiger partial charge in [0.25, 0.3) is 0 Å². The highest BCUT2D eigenvalue weighted by atomic mass is 16.4. The molecule has 2 atom stereocenters. The second-order valence-corrected chi connectivity index (χ2v) is 6.47. The fourth-order valence-corrected chi connectivity index (χ4v) is 2.77. The van der Waals surface area contributed by atoms with E-state index in [9.17, 15) is 24.3 Å². The topological polar surface area (TPSA) is 136 Å². The number of β-amino-alcohol motifs (C(OH)–C–C–N with tert-alkyl or cyclic N) is 1. The molecule has 1 saturated heterocycles. The first-order chi connectivity index (χ1) is 12.3. The van der Waals surface area contributed by atoms with Crippen LogP contribution in [0.1, 0.15) is 51.9 Å². The molecule has 1 unspecified atom stereocenters. The second-order valence-electron chi connectivity index (χ2n) is 6.47. The Morgan fingerprint density at radius 3 is 2.46 bits per heavy atom. The third kappa shape index (κ3) is 7.81. The van der Waals surface area contributed by atoms with Gasteiger partial charge in [-0.25, -0.2) is 0 Å². The quantitative estimate of drug-likeness (QED) is 0.366. The molecule has 0 aromatic heterocycles. The Hall–Kier alpha value is -2.16. The van der Waals surface area contributed by atoms with Crippen LogP contribution in [0.25, 0.3) is 0 Å². The summed E-state index contributed by atoms with van der Waals surface area (Å²) in [6.07, 6.45) is 2.37. The third-order valence-electron chi connectivity index (χ3n) is 4.21. The number of aliphatic carboxylic acids is 1. The van der Waals surface area contributed by atoms with Gasteiger partial charge in [-0.1, -0.05) is 13.3 Å². The number of aliphatic hydroxyl groups is 1. The Morgan fingerprint density at radius 2 is 1.81 bits per heavy atom. The number of carbonyl (C=O) groups is 4. The van der Waals surface area contributed by atoms with Gasteiger partial charge in [-0.2, -0.15) is 0 Å². The lowest BCUT2D eigenvalue weighted by molar-refractivity contribution is -0.138. The maximum Gasteiger partial charge on any atom is 0.303 e. The van der Waals surface area contributed by atoms with Gasteiger partial charge in [0.1, 0.15) is 6.04 Å². The molecule has 0 saturated carbocycles. The van der Waals surface area contributed by atoms with Gasteiger partial charge >= 0.3 is 5.97 Å². The molecule has 0 aliphatic carbocycles. The van der Waals surface area contributed by atoms with E-state index in [1.807, 2.05) is 6.92 Å². The molecule has 26 heavy (non-hydrogen) atoms. The summed E-state index contributed by atoms with van der Waals surface area (Å²) in [5.74, 6) is -1.87. The molecule has 0 aromatic carbocycles. The minimum absolute atomic E-state index is 0.0420. The van der Waals surface area contributed by atoms with Gasteiger partial charge in [0.05, 0.1) is 12.6 Å². The van der Waals surface area contributed by atoms with Gasteiger partial charge in [0.15, 0.2) is 0 Å². The number of carboxylic acid groups (broad SMARTS) is 1. The lowest BCUT2D eigenvalue weighted by Crippen LogP contribution is -2.49. The van der Waals surface area contributed by atoms with Crippen molar-refractivity contribution in [2.75, 3.05) is 19.6 Å². The number of hydrogen-bond acceptors (Lipinski definition) is 5. The molecule has 0 spiro atoms. The van der Waals surface area contributed by atoms with Crippen LogP contribution in [0.3, 0.4) is 0 Å². The molecule has 0 bridgehead atoms. The van der Waals surface area contributed by atoms with E-state index in [4.69, 9.17) is 5.11 Å². The summed E-state index contributed by atoms with van der Waals surface area (Å²) in [4.78, 5) is 47.9. The Kier molecular flexibility index (Phi) is 9.64. The van der Waals surface area contributed by atoms with Crippen LogP contribution in [0.5, 0.6) is 0 Å². The van der Waals surface area contributed by atoms with Gasteiger partial charge in [0.2, 0.25) is 17.7 Å². The summed E-state index contributed by atoms with van der Waals surface area (Å²) < 4.78 is 0. The van der Waals surface area contributed by atoms with Crippen LogP contribution in [-0.2, 0) is 19.2 Å². The van der Waals surface area contributed by atoms with Crippen LogP contribution in [0.4, 0.5) is 0 Å². The highest BCUT2D eigenvalue weighted by Crippen LogP contribution is 2.18. The number of hydrogen-bond donors (Lipinski definition) is 4. The molecule has 1 fully saturated rings. The molecule has 9 heteroatoms. The zero-order chi connectivity index (χ0) is 19.5. The Morgan fingerprint density at radius 1 is 1.08 bits per heavy atom. The van der Waals surface area contributed by atoms with Crippen molar-refractivity contribution in [3.05, 3.63) is 0 Å². The molecule has 9 nitrogen and oxygen atoms in total. The Balaban J connectivity index is 2.42. The fraction of sp³-hybridized carbons (Fsp3) is 0.765. The van der Waals surface area contributed by atoms with E-state index in [2.05, 4.69) is 10.6 Å². The fourth-order valence-electron chi connectivity index (χ4n) is 2.77. The Bertz CT molecular complexity index is 511. The predicted octanol–water partition coefficient (Wildman–Crippen LogP) is -0.374. The van der Waals surface area contributed by atoms with Crippen LogP contribution in [-0.4, -0.2) is 70.6 Å². The second kappa shape index (κ2) is 11.5. The maximum atomic E-state index is 12.3. The van der Waals surface area contributed by atoms with Crippen LogP contribution in [0, 0.1) is 0 Å². The number of amides is 3. The summed E-state index contributed by atoms with van der Waals surface area (Å²) in [5, 5.41) is 23.6. The smallest absolute Gasteiger partial charge is 0.303 e. The molecule has 0 radical (unpaired) electrons. The summed E-state index contributed by atoms with van der Waals surface area (Å²) in [7, 11) is 0. The first kappa shape index (κ1) is 21.9. The standard InChI is InChI=1S/C17H29N3O6/c1-2-3-6-14(22)19-10-15(23)20-11-12(21)9-13(20)17(26)18-8-5-4-7-16(24)25/h12-13,21H,2-11H2,1H3,(H,18,26)(H,19,22)(H,24,25)/t12?,13-/m1/s1. The van der Waals surface area contributed by atoms with Gasteiger partial charge in [-0.05, 0) is 19.3 Å².